The molecule has 1 saturated heterocycles. The Morgan fingerprint density at radius 2 is 2.10 bits per heavy atom. The maximum atomic E-state index is 12.5. The number of benzene rings is 1. The van der Waals surface area contributed by atoms with Crippen molar-refractivity contribution in [3.63, 3.8) is 0 Å². The fourth-order valence-corrected chi connectivity index (χ4v) is 2.62. The minimum Gasteiger partial charge on any atom is -0.409 e. The Balaban J connectivity index is 2.21. The number of amidine groups is 1. The first-order chi connectivity index (χ1) is 9.97. The number of nitrogens with two attached hydrogens (primary N) is 1. The molecule has 0 radical (unpaired) electrons. The van der Waals surface area contributed by atoms with Crippen molar-refractivity contribution in [2.24, 2.45) is 10.9 Å². The predicted molar refractivity (Wildman–Crippen MR) is 81.5 cm³/mol. The molecule has 0 unspecified atom stereocenters. The van der Waals surface area contributed by atoms with E-state index >= 15 is 0 Å². The van der Waals surface area contributed by atoms with Crippen LogP contribution in [0.3, 0.4) is 0 Å². The Kier molecular flexibility index (Phi) is 4.47. The zero-order chi connectivity index (χ0) is 15.5. The Morgan fingerprint density at radius 3 is 2.67 bits per heavy atom. The number of amides is 1. The summed E-state index contributed by atoms with van der Waals surface area (Å²) >= 11 is 0. The van der Waals surface area contributed by atoms with Gasteiger partial charge in [-0.05, 0) is 38.9 Å². The van der Waals surface area contributed by atoms with Crippen LogP contribution < -0.4 is 11.1 Å². The van der Waals surface area contributed by atoms with E-state index < -0.39 is 5.54 Å². The van der Waals surface area contributed by atoms with Gasteiger partial charge < -0.3 is 21.2 Å². The SMILES string of the molecule is Cc1cccc(C(=O)NC2(/C(N)=N/O)CCN(C)CC2)c1. The first-order valence-electron chi connectivity index (χ1n) is 7.02. The second-order valence-electron chi connectivity index (χ2n) is 5.69. The van der Waals surface area contributed by atoms with Crippen molar-refractivity contribution in [3.8, 4) is 0 Å². The highest BCUT2D eigenvalue weighted by molar-refractivity contribution is 6.00. The minimum atomic E-state index is -0.776. The number of rotatable bonds is 3. The number of carbonyl (C=O) groups excluding carboxylic acids is 1. The van der Waals surface area contributed by atoms with Crippen LogP contribution >= 0.6 is 0 Å². The number of likely N-dealkylation sites (tertiary alicyclic amines) is 1. The van der Waals surface area contributed by atoms with Crippen LogP contribution in [0.5, 0.6) is 0 Å². The number of oxime groups is 1. The molecule has 0 bridgehead atoms. The van der Waals surface area contributed by atoms with Crippen LogP contribution in [0.25, 0.3) is 0 Å². The second-order valence-corrected chi connectivity index (χ2v) is 5.69. The maximum Gasteiger partial charge on any atom is 0.252 e. The Bertz CT molecular complexity index is 548. The summed E-state index contributed by atoms with van der Waals surface area (Å²) in [5.74, 6) is -0.133. The summed E-state index contributed by atoms with van der Waals surface area (Å²) in [6, 6.07) is 7.36. The van der Waals surface area contributed by atoms with Gasteiger partial charge in [0.1, 0.15) is 5.54 Å². The van der Waals surface area contributed by atoms with Gasteiger partial charge in [-0.1, -0.05) is 22.9 Å². The lowest BCUT2D eigenvalue weighted by atomic mass is 9.86. The van der Waals surface area contributed by atoms with E-state index in [9.17, 15) is 4.79 Å². The number of carbonyl (C=O) groups is 1. The molecule has 0 saturated carbocycles. The minimum absolute atomic E-state index is 0.0663. The Hall–Kier alpha value is -2.08. The number of nitrogens with one attached hydrogen (secondary N) is 1. The van der Waals surface area contributed by atoms with Gasteiger partial charge in [-0.3, -0.25) is 4.79 Å². The summed E-state index contributed by atoms with van der Waals surface area (Å²) in [6.45, 7) is 3.50. The Morgan fingerprint density at radius 1 is 1.43 bits per heavy atom. The average Bonchev–Trinajstić information content (AvgIpc) is 2.49. The average molecular weight is 290 g/mol. The van der Waals surface area contributed by atoms with Gasteiger partial charge in [0.2, 0.25) is 0 Å². The molecule has 1 heterocycles. The van der Waals surface area contributed by atoms with E-state index in [1.807, 2.05) is 32.2 Å². The van der Waals surface area contributed by atoms with Crippen LogP contribution in [-0.2, 0) is 0 Å². The fourth-order valence-electron chi connectivity index (χ4n) is 2.62. The fraction of sp³-hybridized carbons (Fsp3) is 0.467. The van der Waals surface area contributed by atoms with Gasteiger partial charge in [0.05, 0.1) is 0 Å². The normalized spacial score (nSPS) is 19.2. The highest BCUT2D eigenvalue weighted by Crippen LogP contribution is 2.23. The van der Waals surface area contributed by atoms with Crippen LogP contribution in [0.1, 0.15) is 28.8 Å². The molecule has 4 N–H and O–H groups in total. The third-order valence-corrected chi connectivity index (χ3v) is 4.07. The molecule has 1 aromatic carbocycles. The van der Waals surface area contributed by atoms with Crippen molar-refractivity contribution in [1.82, 2.24) is 10.2 Å². The number of hydrogen-bond donors (Lipinski definition) is 3. The summed E-state index contributed by atoms with van der Waals surface area (Å²) in [4.78, 5) is 14.6. The number of piperidine rings is 1. The summed E-state index contributed by atoms with van der Waals surface area (Å²) in [6.07, 6.45) is 1.24. The molecule has 6 nitrogen and oxygen atoms in total. The molecule has 0 aromatic heterocycles. The number of aryl methyl sites for hydroxylation is 1. The van der Waals surface area contributed by atoms with Crippen LogP contribution in [0, 0.1) is 6.92 Å². The molecule has 114 valence electrons. The molecule has 6 heteroatoms. The van der Waals surface area contributed by atoms with Crippen LogP contribution in [0.2, 0.25) is 0 Å². The molecule has 1 aliphatic rings. The summed E-state index contributed by atoms with van der Waals surface area (Å²) in [5.41, 5.74) is 6.68. The van der Waals surface area contributed by atoms with Gasteiger partial charge >= 0.3 is 0 Å². The first kappa shape index (κ1) is 15.3. The summed E-state index contributed by atoms with van der Waals surface area (Å²) in [7, 11) is 2.01. The first-order valence-corrected chi connectivity index (χ1v) is 7.02. The molecule has 1 aromatic rings. The smallest absolute Gasteiger partial charge is 0.252 e. The second kappa shape index (κ2) is 6.13. The topological polar surface area (TPSA) is 91.0 Å². The largest absolute Gasteiger partial charge is 0.409 e. The number of nitrogens with zero attached hydrogens (tertiary/aromatic N) is 2. The van der Waals surface area contributed by atoms with E-state index in [1.165, 1.54) is 0 Å². The third kappa shape index (κ3) is 3.33. The van der Waals surface area contributed by atoms with E-state index in [2.05, 4.69) is 15.4 Å². The molecule has 1 aliphatic heterocycles. The Labute approximate surface area is 124 Å². The molecule has 1 amide bonds. The lowest BCUT2D eigenvalue weighted by Crippen LogP contribution is -2.62. The van der Waals surface area contributed by atoms with Gasteiger partial charge in [0.25, 0.3) is 5.91 Å². The number of hydrogen-bond acceptors (Lipinski definition) is 4. The van der Waals surface area contributed by atoms with Crippen molar-refractivity contribution in [1.29, 1.82) is 0 Å². The standard InChI is InChI=1S/C15H22N4O2/c1-11-4-3-5-12(10-11)13(20)17-15(14(16)18-21)6-8-19(2)9-7-15/h3-5,10,21H,6-9H2,1-2H3,(H2,16,18)(H,17,20). The van der Waals surface area contributed by atoms with Gasteiger partial charge in [-0.2, -0.15) is 0 Å². The highest BCUT2D eigenvalue weighted by atomic mass is 16.4. The van der Waals surface area contributed by atoms with Crippen molar-refractivity contribution < 1.29 is 10.0 Å². The lowest BCUT2D eigenvalue weighted by Gasteiger charge is -2.40. The maximum absolute atomic E-state index is 12.5. The molecule has 1 fully saturated rings. The monoisotopic (exact) mass is 290 g/mol. The van der Waals surface area contributed by atoms with E-state index in [0.717, 1.165) is 18.7 Å². The lowest BCUT2D eigenvalue weighted by molar-refractivity contribution is 0.0886. The van der Waals surface area contributed by atoms with Crippen LogP contribution in [0.4, 0.5) is 0 Å². The van der Waals surface area contributed by atoms with Gasteiger partial charge in [-0.25, -0.2) is 0 Å². The van der Waals surface area contributed by atoms with Gasteiger partial charge in [0, 0.05) is 18.7 Å². The van der Waals surface area contributed by atoms with E-state index in [0.29, 0.717) is 18.4 Å². The summed E-state index contributed by atoms with van der Waals surface area (Å²) < 4.78 is 0. The van der Waals surface area contributed by atoms with E-state index in [-0.39, 0.29) is 11.7 Å². The molecular weight excluding hydrogens is 268 g/mol. The van der Waals surface area contributed by atoms with Gasteiger partial charge in [0.15, 0.2) is 5.84 Å². The van der Waals surface area contributed by atoms with E-state index in [4.69, 9.17) is 10.9 Å². The molecule has 0 aliphatic carbocycles. The molecule has 2 rings (SSSR count). The third-order valence-electron chi connectivity index (χ3n) is 4.07. The quantitative estimate of drug-likeness (QED) is 0.334. The molecular formula is C15H22N4O2. The van der Waals surface area contributed by atoms with Crippen molar-refractivity contribution in [2.45, 2.75) is 25.3 Å². The van der Waals surface area contributed by atoms with Gasteiger partial charge in [-0.15, -0.1) is 0 Å². The molecule has 0 atom stereocenters. The summed E-state index contributed by atoms with van der Waals surface area (Å²) in [5, 5.41) is 15.1. The van der Waals surface area contributed by atoms with Crippen molar-refractivity contribution >= 4 is 11.7 Å². The molecule has 0 spiro atoms. The zero-order valence-corrected chi connectivity index (χ0v) is 12.5. The molecule has 21 heavy (non-hydrogen) atoms. The van der Waals surface area contributed by atoms with Crippen molar-refractivity contribution in [3.05, 3.63) is 35.4 Å². The van der Waals surface area contributed by atoms with Crippen LogP contribution in [-0.4, -0.2) is 47.5 Å². The van der Waals surface area contributed by atoms with Crippen molar-refractivity contribution in [2.75, 3.05) is 20.1 Å². The van der Waals surface area contributed by atoms with Crippen LogP contribution in [0.15, 0.2) is 29.4 Å². The highest BCUT2D eigenvalue weighted by Gasteiger charge is 2.39. The zero-order valence-electron chi connectivity index (χ0n) is 12.5. The van der Waals surface area contributed by atoms with E-state index in [1.54, 1.807) is 6.07 Å². The predicted octanol–water partition coefficient (Wildman–Crippen LogP) is 0.936.